The van der Waals surface area contributed by atoms with Crippen molar-refractivity contribution in [2.45, 2.75) is 62.8 Å². The first kappa shape index (κ1) is 21.6. The maximum absolute atomic E-state index is 14.0. The third-order valence-electron chi connectivity index (χ3n) is 5.72. The largest absolute Gasteiger partial charge is 0.335 e. The third-order valence-corrected chi connectivity index (χ3v) is 8.62. The van der Waals surface area contributed by atoms with Crippen LogP contribution in [-0.4, -0.2) is 48.6 Å². The van der Waals surface area contributed by atoms with Gasteiger partial charge in [-0.2, -0.15) is 0 Å². The molecule has 1 amide bonds. The molecule has 1 aromatic rings. The first-order chi connectivity index (χ1) is 13.3. The highest BCUT2D eigenvalue weighted by molar-refractivity contribution is 8.00. The van der Waals surface area contributed by atoms with E-state index in [-0.39, 0.29) is 40.8 Å². The molecule has 1 aromatic carbocycles. The van der Waals surface area contributed by atoms with Crippen molar-refractivity contribution in [1.29, 1.82) is 0 Å². The molecule has 0 radical (unpaired) electrons. The van der Waals surface area contributed by atoms with Crippen LogP contribution in [0.4, 0.5) is 8.78 Å². The zero-order valence-corrected chi connectivity index (χ0v) is 17.7. The quantitative estimate of drug-likeness (QED) is 0.680. The number of sulfone groups is 1. The molecule has 4 nitrogen and oxygen atoms in total. The number of nitrogens with zero attached hydrogens (tertiary/aromatic N) is 1. The Hall–Kier alpha value is -1.15. The smallest absolute Gasteiger partial charge is 0.233 e. The van der Waals surface area contributed by atoms with Gasteiger partial charge in [-0.3, -0.25) is 4.79 Å². The number of hydrogen-bond donors (Lipinski definition) is 0. The van der Waals surface area contributed by atoms with Crippen molar-refractivity contribution in [1.82, 2.24) is 4.90 Å². The molecule has 1 saturated carbocycles. The van der Waals surface area contributed by atoms with Gasteiger partial charge < -0.3 is 4.90 Å². The van der Waals surface area contributed by atoms with Gasteiger partial charge in [-0.25, -0.2) is 17.2 Å². The maximum atomic E-state index is 14.0. The summed E-state index contributed by atoms with van der Waals surface area (Å²) in [5.74, 6) is -1.11. The van der Waals surface area contributed by atoms with E-state index in [1.165, 1.54) is 30.0 Å². The summed E-state index contributed by atoms with van der Waals surface area (Å²) in [6, 6.07) is 3.55. The van der Waals surface area contributed by atoms with Gasteiger partial charge in [-0.1, -0.05) is 25.3 Å². The molecular weight excluding hydrogens is 404 g/mol. The molecular formula is C20H27F2NO3S2. The predicted molar refractivity (Wildman–Crippen MR) is 108 cm³/mol. The van der Waals surface area contributed by atoms with Crippen LogP contribution < -0.4 is 0 Å². The molecule has 0 N–H and O–H groups in total. The number of halogens is 2. The molecule has 8 heteroatoms. The second-order valence-electron chi connectivity index (χ2n) is 7.74. The average molecular weight is 432 g/mol. The SMILES string of the molecule is CC(SCC(=O)N(C1CCCCC1)C1CCS(=O)(=O)C1)c1c(F)cccc1F. The number of thioether (sulfide) groups is 1. The van der Waals surface area contributed by atoms with Gasteiger partial charge in [0.25, 0.3) is 0 Å². The molecule has 1 aliphatic heterocycles. The van der Waals surface area contributed by atoms with Crippen LogP contribution in [0.25, 0.3) is 0 Å². The maximum Gasteiger partial charge on any atom is 0.233 e. The monoisotopic (exact) mass is 431 g/mol. The second-order valence-corrected chi connectivity index (χ2v) is 11.3. The fraction of sp³-hybridized carbons (Fsp3) is 0.650. The summed E-state index contributed by atoms with van der Waals surface area (Å²) >= 11 is 1.20. The van der Waals surface area contributed by atoms with E-state index in [0.717, 1.165) is 32.1 Å². The van der Waals surface area contributed by atoms with Crippen LogP contribution in [0.1, 0.15) is 56.3 Å². The fourth-order valence-electron chi connectivity index (χ4n) is 4.31. The summed E-state index contributed by atoms with van der Waals surface area (Å²) in [4.78, 5) is 14.9. The molecule has 156 valence electrons. The fourth-order valence-corrected chi connectivity index (χ4v) is 6.96. The topological polar surface area (TPSA) is 54.5 Å². The number of rotatable bonds is 6. The van der Waals surface area contributed by atoms with Gasteiger partial charge in [-0.05, 0) is 38.3 Å². The Morgan fingerprint density at radius 2 is 1.79 bits per heavy atom. The van der Waals surface area contributed by atoms with Gasteiger partial charge in [-0.15, -0.1) is 11.8 Å². The number of benzene rings is 1. The molecule has 1 aliphatic carbocycles. The van der Waals surface area contributed by atoms with Crippen LogP contribution >= 0.6 is 11.8 Å². The Bertz CT molecular complexity index is 789. The minimum absolute atomic E-state index is 0.0204. The molecule has 2 fully saturated rings. The molecule has 2 unspecified atom stereocenters. The van der Waals surface area contributed by atoms with Crippen molar-refractivity contribution < 1.29 is 22.0 Å². The molecule has 1 heterocycles. The van der Waals surface area contributed by atoms with Crippen molar-refractivity contribution in [3.05, 3.63) is 35.4 Å². The van der Waals surface area contributed by atoms with Gasteiger partial charge in [0.05, 0.1) is 17.3 Å². The molecule has 2 atom stereocenters. The van der Waals surface area contributed by atoms with Crippen LogP contribution in [0.15, 0.2) is 18.2 Å². The van der Waals surface area contributed by atoms with E-state index < -0.39 is 26.7 Å². The van der Waals surface area contributed by atoms with E-state index >= 15 is 0 Å². The summed E-state index contributed by atoms with van der Waals surface area (Å²) in [7, 11) is -3.10. The Balaban J connectivity index is 1.70. The normalized spacial score (nSPS) is 23.5. The lowest BCUT2D eigenvalue weighted by Crippen LogP contribution is -2.49. The van der Waals surface area contributed by atoms with Gasteiger partial charge in [0.2, 0.25) is 5.91 Å². The summed E-state index contributed by atoms with van der Waals surface area (Å²) in [6.45, 7) is 1.68. The minimum atomic E-state index is -3.10. The van der Waals surface area contributed by atoms with Crippen molar-refractivity contribution in [2.24, 2.45) is 0 Å². The van der Waals surface area contributed by atoms with E-state index in [1.54, 1.807) is 11.8 Å². The molecule has 0 spiro atoms. The zero-order valence-electron chi connectivity index (χ0n) is 16.1. The highest BCUT2D eigenvalue weighted by Crippen LogP contribution is 2.34. The van der Waals surface area contributed by atoms with Crippen molar-refractivity contribution in [3.8, 4) is 0 Å². The molecule has 0 aromatic heterocycles. The summed E-state index contributed by atoms with van der Waals surface area (Å²) in [5.41, 5.74) is -0.0204. The van der Waals surface area contributed by atoms with Gasteiger partial charge in [0, 0.05) is 22.9 Å². The molecule has 0 bridgehead atoms. The highest BCUT2D eigenvalue weighted by atomic mass is 32.2. The van der Waals surface area contributed by atoms with Gasteiger partial charge in [0.15, 0.2) is 9.84 Å². The van der Waals surface area contributed by atoms with Crippen LogP contribution in [0.3, 0.4) is 0 Å². The van der Waals surface area contributed by atoms with Crippen molar-refractivity contribution in [3.63, 3.8) is 0 Å². The van der Waals surface area contributed by atoms with Crippen molar-refractivity contribution >= 4 is 27.5 Å². The van der Waals surface area contributed by atoms with Gasteiger partial charge in [0.1, 0.15) is 11.6 Å². The minimum Gasteiger partial charge on any atom is -0.335 e. The van der Waals surface area contributed by atoms with Crippen LogP contribution in [0.5, 0.6) is 0 Å². The lowest BCUT2D eigenvalue weighted by molar-refractivity contribution is -0.133. The number of hydrogen-bond acceptors (Lipinski definition) is 4. The average Bonchev–Trinajstić information content (AvgIpc) is 3.00. The summed E-state index contributed by atoms with van der Waals surface area (Å²) in [5, 5.41) is -0.509. The zero-order chi connectivity index (χ0) is 20.3. The Morgan fingerprint density at radius 3 is 2.36 bits per heavy atom. The molecule has 28 heavy (non-hydrogen) atoms. The first-order valence-corrected chi connectivity index (χ1v) is 12.7. The number of carbonyl (C=O) groups is 1. The van der Waals surface area contributed by atoms with E-state index in [0.29, 0.717) is 6.42 Å². The number of amides is 1. The Morgan fingerprint density at radius 1 is 1.14 bits per heavy atom. The summed E-state index contributed by atoms with van der Waals surface area (Å²) < 4.78 is 51.9. The second kappa shape index (κ2) is 9.11. The first-order valence-electron chi connectivity index (χ1n) is 9.85. The van der Waals surface area contributed by atoms with E-state index in [2.05, 4.69) is 0 Å². The van der Waals surface area contributed by atoms with Crippen molar-refractivity contribution in [2.75, 3.05) is 17.3 Å². The number of carbonyl (C=O) groups excluding carboxylic acids is 1. The van der Waals surface area contributed by atoms with E-state index in [1.807, 2.05) is 0 Å². The molecule has 1 saturated heterocycles. The highest BCUT2D eigenvalue weighted by Gasteiger charge is 2.38. The Labute approximate surface area is 170 Å². The Kier molecular flexibility index (Phi) is 7.02. The van der Waals surface area contributed by atoms with E-state index in [9.17, 15) is 22.0 Å². The third kappa shape index (κ3) is 5.06. The summed E-state index contributed by atoms with van der Waals surface area (Å²) in [6.07, 6.45) is 5.48. The van der Waals surface area contributed by atoms with Crippen LogP contribution in [0, 0.1) is 11.6 Å². The molecule has 3 rings (SSSR count). The lowest BCUT2D eigenvalue weighted by Gasteiger charge is -2.38. The molecule has 2 aliphatic rings. The standard InChI is InChI=1S/C20H27F2NO3S2/c1-14(20-17(21)8-5-9-18(20)22)27-12-19(24)23(15-6-3-2-4-7-15)16-10-11-28(25,26)13-16/h5,8-9,14-16H,2-4,6-7,10-13H2,1H3. The van der Waals surface area contributed by atoms with Gasteiger partial charge >= 0.3 is 0 Å². The van der Waals surface area contributed by atoms with E-state index in [4.69, 9.17) is 0 Å². The van der Waals surface area contributed by atoms with Crippen LogP contribution in [-0.2, 0) is 14.6 Å². The lowest BCUT2D eigenvalue weighted by atomic mass is 9.93. The van der Waals surface area contributed by atoms with Crippen LogP contribution in [0.2, 0.25) is 0 Å². The predicted octanol–water partition coefficient (Wildman–Crippen LogP) is 4.11.